The van der Waals surface area contributed by atoms with Crippen molar-refractivity contribution in [3.63, 3.8) is 0 Å². The minimum absolute atomic E-state index is 0.167. The summed E-state index contributed by atoms with van der Waals surface area (Å²) in [5, 5.41) is 0.885. The van der Waals surface area contributed by atoms with E-state index in [0.717, 1.165) is 5.56 Å². The number of thioether (sulfide) groups is 1. The van der Waals surface area contributed by atoms with Crippen molar-refractivity contribution in [3.8, 4) is 0 Å². The molecule has 0 bridgehead atoms. The van der Waals surface area contributed by atoms with E-state index in [9.17, 15) is 9.59 Å². The number of esters is 1. The van der Waals surface area contributed by atoms with E-state index in [2.05, 4.69) is 0 Å². The van der Waals surface area contributed by atoms with Crippen LogP contribution in [0.1, 0.15) is 25.3 Å². The molecule has 0 radical (unpaired) electrons. The molecule has 0 spiro atoms. The number of benzene rings is 1. The van der Waals surface area contributed by atoms with E-state index in [-0.39, 0.29) is 18.3 Å². The maximum absolute atomic E-state index is 12.4. The van der Waals surface area contributed by atoms with Gasteiger partial charge in [0.1, 0.15) is 4.32 Å². The van der Waals surface area contributed by atoms with Crippen LogP contribution in [-0.4, -0.2) is 34.2 Å². The summed E-state index contributed by atoms with van der Waals surface area (Å²) in [6.45, 7) is 2.50. The molecule has 2 rings (SSSR count). The molecule has 4 nitrogen and oxygen atoms in total. The van der Waals surface area contributed by atoms with Crippen molar-refractivity contribution in [2.75, 3.05) is 13.2 Å². The predicted octanol–water partition coefficient (Wildman–Crippen LogP) is 4.54. The molecule has 0 unspecified atom stereocenters. The standard InChI is InChI=1S/C16H15Cl2NO3S2/c1-2-22-14(20)4-3-7-19-15(21)13(24-16(19)23)9-10-5-6-11(17)12(18)8-10/h5-6,8-9H,2-4,7H2,1H3/b13-9-. The molecule has 8 heteroatoms. The zero-order valence-corrected chi connectivity index (χ0v) is 16.0. The maximum Gasteiger partial charge on any atom is 0.305 e. The van der Waals surface area contributed by atoms with Gasteiger partial charge in [-0.15, -0.1) is 0 Å². The summed E-state index contributed by atoms with van der Waals surface area (Å²) in [5.74, 6) is -0.436. The molecule has 0 aromatic heterocycles. The monoisotopic (exact) mass is 403 g/mol. The first-order chi connectivity index (χ1) is 11.4. The molecule has 0 N–H and O–H groups in total. The largest absolute Gasteiger partial charge is 0.466 e. The Balaban J connectivity index is 2.01. The number of carbonyl (C=O) groups is 2. The first kappa shape index (κ1) is 19.2. The number of nitrogens with zero attached hydrogens (tertiary/aromatic N) is 1. The van der Waals surface area contributed by atoms with Crippen LogP contribution in [0.2, 0.25) is 10.0 Å². The minimum Gasteiger partial charge on any atom is -0.466 e. The average molecular weight is 404 g/mol. The second-order valence-electron chi connectivity index (χ2n) is 4.92. The summed E-state index contributed by atoms with van der Waals surface area (Å²) in [7, 11) is 0. The fraction of sp³-hybridized carbons (Fsp3) is 0.312. The first-order valence-electron chi connectivity index (χ1n) is 7.28. The van der Waals surface area contributed by atoms with Crippen molar-refractivity contribution in [2.24, 2.45) is 0 Å². The smallest absolute Gasteiger partial charge is 0.305 e. The molecule has 24 heavy (non-hydrogen) atoms. The Labute approximate surface area is 160 Å². The second kappa shape index (κ2) is 8.85. The highest BCUT2D eigenvalue weighted by molar-refractivity contribution is 8.26. The third-order valence-corrected chi connectivity index (χ3v) is 5.30. The third-order valence-electron chi connectivity index (χ3n) is 3.18. The van der Waals surface area contributed by atoms with Crippen LogP contribution >= 0.6 is 47.2 Å². The molecular formula is C16H15Cl2NO3S2. The maximum atomic E-state index is 12.4. The fourth-order valence-corrected chi connectivity index (χ4v) is 3.68. The Morgan fingerprint density at radius 3 is 2.79 bits per heavy atom. The van der Waals surface area contributed by atoms with Gasteiger partial charge in [0.2, 0.25) is 0 Å². The van der Waals surface area contributed by atoms with Gasteiger partial charge in [-0.2, -0.15) is 0 Å². The van der Waals surface area contributed by atoms with Crippen LogP contribution in [0.15, 0.2) is 23.1 Å². The van der Waals surface area contributed by atoms with E-state index in [1.165, 1.54) is 16.7 Å². The van der Waals surface area contributed by atoms with Crippen LogP contribution in [0.3, 0.4) is 0 Å². The molecule has 0 aliphatic carbocycles. The molecule has 1 amide bonds. The average Bonchev–Trinajstić information content (AvgIpc) is 2.78. The van der Waals surface area contributed by atoms with Crippen LogP contribution in [0, 0.1) is 0 Å². The van der Waals surface area contributed by atoms with Gasteiger partial charge in [0.05, 0.1) is 21.6 Å². The normalized spacial score (nSPS) is 16.1. The Morgan fingerprint density at radius 2 is 2.12 bits per heavy atom. The van der Waals surface area contributed by atoms with Gasteiger partial charge < -0.3 is 4.74 Å². The van der Waals surface area contributed by atoms with Gasteiger partial charge in [-0.25, -0.2) is 0 Å². The lowest BCUT2D eigenvalue weighted by Crippen LogP contribution is -2.29. The number of amides is 1. The number of hydrogen-bond donors (Lipinski definition) is 0. The highest BCUT2D eigenvalue weighted by Crippen LogP contribution is 2.33. The molecule has 1 aliphatic rings. The lowest BCUT2D eigenvalue weighted by Gasteiger charge is -2.13. The third kappa shape index (κ3) is 4.96. The molecular weight excluding hydrogens is 389 g/mol. The predicted molar refractivity (Wildman–Crippen MR) is 102 cm³/mol. The number of ether oxygens (including phenoxy) is 1. The SMILES string of the molecule is CCOC(=O)CCCN1C(=O)/C(=C/c2ccc(Cl)c(Cl)c2)SC1=S. The molecule has 1 heterocycles. The molecule has 1 aromatic rings. The van der Waals surface area contributed by atoms with Crippen molar-refractivity contribution in [1.82, 2.24) is 4.90 Å². The van der Waals surface area contributed by atoms with E-state index in [1.807, 2.05) is 0 Å². The summed E-state index contributed by atoms with van der Waals surface area (Å²) in [4.78, 5) is 25.8. The Kier molecular flexibility index (Phi) is 7.10. The Hall–Kier alpha value is -1.08. The van der Waals surface area contributed by atoms with Crippen LogP contribution in [0.4, 0.5) is 0 Å². The summed E-state index contributed by atoms with van der Waals surface area (Å²) in [5.41, 5.74) is 0.774. The number of hydrogen-bond acceptors (Lipinski definition) is 5. The lowest BCUT2D eigenvalue weighted by atomic mass is 10.2. The Morgan fingerprint density at radius 1 is 1.38 bits per heavy atom. The second-order valence-corrected chi connectivity index (χ2v) is 7.41. The summed E-state index contributed by atoms with van der Waals surface area (Å²) in [6, 6.07) is 5.15. The van der Waals surface area contributed by atoms with Gasteiger partial charge >= 0.3 is 5.97 Å². The molecule has 0 atom stereocenters. The van der Waals surface area contributed by atoms with Crippen LogP contribution in [0.5, 0.6) is 0 Å². The zero-order chi connectivity index (χ0) is 17.7. The molecule has 0 saturated carbocycles. The highest BCUT2D eigenvalue weighted by atomic mass is 35.5. The molecule has 1 saturated heterocycles. The summed E-state index contributed by atoms with van der Waals surface area (Å²) in [6.07, 6.45) is 2.49. The van der Waals surface area contributed by atoms with Gasteiger partial charge in [-0.1, -0.05) is 53.2 Å². The van der Waals surface area contributed by atoms with Crippen molar-refractivity contribution in [1.29, 1.82) is 0 Å². The highest BCUT2D eigenvalue weighted by Gasteiger charge is 2.31. The molecule has 128 valence electrons. The van der Waals surface area contributed by atoms with E-state index < -0.39 is 0 Å². The number of carbonyl (C=O) groups excluding carboxylic acids is 2. The van der Waals surface area contributed by atoms with Crippen LogP contribution in [0.25, 0.3) is 6.08 Å². The summed E-state index contributed by atoms with van der Waals surface area (Å²) >= 11 is 18.4. The van der Waals surface area contributed by atoms with E-state index in [0.29, 0.717) is 38.8 Å². The number of rotatable bonds is 6. The van der Waals surface area contributed by atoms with Crippen molar-refractivity contribution >= 4 is 69.5 Å². The van der Waals surface area contributed by atoms with E-state index in [4.69, 9.17) is 40.2 Å². The van der Waals surface area contributed by atoms with Crippen LogP contribution < -0.4 is 0 Å². The lowest BCUT2D eigenvalue weighted by molar-refractivity contribution is -0.143. The Bertz CT molecular complexity index is 707. The van der Waals surface area contributed by atoms with Gasteiger partial charge in [0.15, 0.2) is 0 Å². The summed E-state index contributed by atoms with van der Waals surface area (Å²) < 4.78 is 5.35. The van der Waals surface area contributed by atoms with Gasteiger partial charge in [0.25, 0.3) is 5.91 Å². The van der Waals surface area contributed by atoms with Crippen LogP contribution in [-0.2, 0) is 14.3 Å². The molecule has 1 aliphatic heterocycles. The van der Waals surface area contributed by atoms with Crippen molar-refractivity contribution < 1.29 is 14.3 Å². The molecule has 1 aromatic carbocycles. The van der Waals surface area contributed by atoms with Crippen molar-refractivity contribution in [3.05, 3.63) is 38.7 Å². The first-order valence-corrected chi connectivity index (χ1v) is 9.26. The van der Waals surface area contributed by atoms with E-state index in [1.54, 1.807) is 31.2 Å². The molecule has 1 fully saturated rings. The number of thiocarbonyl (C=S) groups is 1. The number of halogens is 2. The minimum atomic E-state index is -0.269. The zero-order valence-electron chi connectivity index (χ0n) is 12.9. The van der Waals surface area contributed by atoms with Crippen molar-refractivity contribution in [2.45, 2.75) is 19.8 Å². The van der Waals surface area contributed by atoms with Gasteiger partial charge in [-0.3, -0.25) is 14.5 Å². The topological polar surface area (TPSA) is 46.6 Å². The van der Waals surface area contributed by atoms with E-state index >= 15 is 0 Å². The quantitative estimate of drug-likeness (QED) is 0.396. The van der Waals surface area contributed by atoms with Gasteiger partial charge in [0, 0.05) is 13.0 Å². The van der Waals surface area contributed by atoms with Gasteiger partial charge in [-0.05, 0) is 37.1 Å². The fourth-order valence-electron chi connectivity index (χ4n) is 2.06.